The summed E-state index contributed by atoms with van der Waals surface area (Å²) in [5.41, 5.74) is 0. The summed E-state index contributed by atoms with van der Waals surface area (Å²) >= 11 is -1.45. The van der Waals surface area contributed by atoms with E-state index in [2.05, 4.69) is 4.72 Å². The third-order valence-corrected chi connectivity index (χ3v) is 3.13. The molecule has 0 bridgehead atoms. The van der Waals surface area contributed by atoms with Crippen LogP contribution in [-0.4, -0.2) is 21.5 Å². The molecule has 2 nitrogen and oxygen atoms in total. The zero-order chi connectivity index (χ0) is 11.6. The fourth-order valence-electron chi connectivity index (χ4n) is 0.748. The zero-order valence-corrected chi connectivity index (χ0v) is 9.55. The number of nitrogens with one attached hydrogen (secondary N) is 1. The van der Waals surface area contributed by atoms with Crippen LogP contribution in [0.3, 0.4) is 0 Å². The van der Waals surface area contributed by atoms with Crippen LogP contribution in [0.25, 0.3) is 0 Å². The van der Waals surface area contributed by atoms with Gasteiger partial charge in [0.05, 0.1) is 12.5 Å². The molecule has 0 aromatic rings. The monoisotopic (exact) mass is 231 g/mol. The van der Waals surface area contributed by atoms with Gasteiger partial charge >= 0.3 is 6.18 Å². The highest BCUT2D eigenvalue weighted by Crippen LogP contribution is 2.22. The molecule has 1 N–H and O–H groups in total. The van der Waals surface area contributed by atoms with Gasteiger partial charge in [-0.1, -0.05) is 0 Å². The van der Waals surface area contributed by atoms with Crippen LogP contribution in [-0.2, 0) is 11.4 Å². The van der Waals surface area contributed by atoms with Gasteiger partial charge in [0.15, 0.2) is 0 Å². The lowest BCUT2D eigenvalue weighted by atomic mass is 10.2. The normalized spacial score (nSPS) is 18.0. The second-order valence-electron chi connectivity index (χ2n) is 4.22. The molecule has 0 radical (unpaired) electrons. The molecule has 0 saturated carbocycles. The lowest BCUT2D eigenvalue weighted by Crippen LogP contribution is -2.44. The first-order valence-electron chi connectivity index (χ1n) is 4.27. The molecule has 0 aliphatic heterocycles. The van der Waals surface area contributed by atoms with Crippen molar-refractivity contribution in [3.05, 3.63) is 0 Å². The molecule has 0 spiro atoms. The third kappa shape index (κ3) is 6.50. The van der Waals surface area contributed by atoms with Crippen molar-refractivity contribution in [1.29, 1.82) is 0 Å². The maximum atomic E-state index is 11.9. The molecule has 0 aliphatic rings. The van der Waals surface area contributed by atoms with E-state index >= 15 is 0 Å². The third-order valence-electron chi connectivity index (χ3n) is 1.40. The number of hydrogen-bond acceptors (Lipinski definition) is 2. The first-order valence-corrected chi connectivity index (χ1v) is 5.42. The van der Waals surface area contributed by atoms with Gasteiger partial charge in [0.2, 0.25) is 0 Å². The SMILES string of the molecule is C[C@@H](CC(F)(F)F)N[S@@+]([O-])C(C)(C)C. The number of halogens is 3. The molecule has 0 unspecified atom stereocenters. The fraction of sp³-hybridized carbons (Fsp3) is 1.00. The molecule has 0 amide bonds. The second-order valence-corrected chi connectivity index (χ2v) is 6.22. The van der Waals surface area contributed by atoms with E-state index in [1.54, 1.807) is 20.8 Å². The van der Waals surface area contributed by atoms with Crippen LogP contribution in [0.4, 0.5) is 13.2 Å². The van der Waals surface area contributed by atoms with Gasteiger partial charge in [-0.15, -0.1) is 4.72 Å². The molecule has 0 aliphatic carbocycles. The van der Waals surface area contributed by atoms with E-state index < -0.39 is 34.7 Å². The minimum absolute atomic E-state index is 0.542. The Balaban J connectivity index is 4.01. The van der Waals surface area contributed by atoms with Crippen molar-refractivity contribution < 1.29 is 17.7 Å². The molecular formula is C8H16F3NOS. The van der Waals surface area contributed by atoms with E-state index in [9.17, 15) is 17.7 Å². The minimum Gasteiger partial charge on any atom is -0.598 e. The molecule has 0 saturated heterocycles. The van der Waals surface area contributed by atoms with Gasteiger partial charge in [-0.25, -0.2) is 0 Å². The number of hydrogen-bond donors (Lipinski definition) is 1. The van der Waals surface area contributed by atoms with E-state index in [1.807, 2.05) is 0 Å². The number of alkyl halides is 3. The van der Waals surface area contributed by atoms with Crippen LogP contribution in [0, 0.1) is 0 Å². The molecule has 0 aromatic carbocycles. The highest BCUT2D eigenvalue weighted by Gasteiger charge is 2.34. The summed E-state index contributed by atoms with van der Waals surface area (Å²) in [5.74, 6) is 0. The van der Waals surface area contributed by atoms with Gasteiger partial charge in [-0.05, 0) is 27.7 Å². The van der Waals surface area contributed by atoms with Crippen molar-refractivity contribution in [3.8, 4) is 0 Å². The maximum Gasteiger partial charge on any atom is 0.390 e. The van der Waals surface area contributed by atoms with Crippen LogP contribution < -0.4 is 4.72 Å². The smallest absolute Gasteiger partial charge is 0.390 e. The van der Waals surface area contributed by atoms with Crippen molar-refractivity contribution in [2.24, 2.45) is 0 Å². The predicted octanol–water partition coefficient (Wildman–Crippen LogP) is 2.38. The van der Waals surface area contributed by atoms with Crippen molar-refractivity contribution in [3.63, 3.8) is 0 Å². The summed E-state index contributed by atoms with van der Waals surface area (Å²) in [6.45, 7) is 6.49. The first-order chi connectivity index (χ1) is 6.02. The Kier molecular flexibility index (Phi) is 4.74. The van der Waals surface area contributed by atoms with E-state index in [-0.39, 0.29) is 0 Å². The molecule has 0 aromatic heterocycles. The highest BCUT2D eigenvalue weighted by molar-refractivity contribution is 7.90. The molecule has 6 heteroatoms. The Labute approximate surface area is 85.6 Å². The van der Waals surface area contributed by atoms with Crippen LogP contribution in [0.2, 0.25) is 0 Å². The van der Waals surface area contributed by atoms with Crippen molar-refractivity contribution >= 4 is 11.4 Å². The first kappa shape index (κ1) is 14.1. The average molecular weight is 231 g/mol. The summed E-state index contributed by atoms with van der Waals surface area (Å²) in [6, 6.07) is -0.824. The van der Waals surface area contributed by atoms with E-state index in [0.29, 0.717) is 0 Å². The molecular weight excluding hydrogens is 215 g/mol. The van der Waals surface area contributed by atoms with Crippen LogP contribution >= 0.6 is 0 Å². The molecule has 0 fully saturated rings. The zero-order valence-electron chi connectivity index (χ0n) is 8.73. The highest BCUT2D eigenvalue weighted by atomic mass is 32.2. The summed E-state index contributed by atoms with van der Waals surface area (Å²) in [6.07, 6.45) is -5.18. The molecule has 86 valence electrons. The Hall–Kier alpha value is 0.0600. The van der Waals surface area contributed by atoms with Crippen LogP contribution in [0.1, 0.15) is 34.1 Å². The van der Waals surface area contributed by atoms with Crippen molar-refractivity contribution in [2.45, 2.75) is 51.1 Å². The van der Waals surface area contributed by atoms with Gasteiger partial charge in [-0.3, -0.25) is 0 Å². The lowest BCUT2D eigenvalue weighted by Gasteiger charge is -2.26. The second kappa shape index (κ2) is 4.72. The number of rotatable bonds is 3. The maximum absolute atomic E-state index is 11.9. The van der Waals surface area contributed by atoms with Gasteiger partial charge in [0.1, 0.15) is 4.75 Å². The predicted molar refractivity (Wildman–Crippen MR) is 51.2 cm³/mol. The standard InChI is InChI=1S/C8H16F3NOS/c1-6(5-8(9,10)11)12-14(13)7(2,3)4/h6,12H,5H2,1-4H3/t6-,14-/m0/s1. The molecule has 0 rings (SSSR count). The summed E-state index contributed by atoms with van der Waals surface area (Å²) in [7, 11) is 0. The van der Waals surface area contributed by atoms with E-state index in [0.717, 1.165) is 0 Å². The van der Waals surface area contributed by atoms with Crippen molar-refractivity contribution in [2.75, 3.05) is 0 Å². The Morgan fingerprint density at radius 2 is 1.71 bits per heavy atom. The van der Waals surface area contributed by atoms with Gasteiger partial charge in [-0.2, -0.15) is 13.2 Å². The van der Waals surface area contributed by atoms with Gasteiger partial charge in [0.25, 0.3) is 0 Å². The Morgan fingerprint density at radius 3 is 2.00 bits per heavy atom. The molecule has 14 heavy (non-hydrogen) atoms. The lowest BCUT2D eigenvalue weighted by molar-refractivity contribution is -0.137. The van der Waals surface area contributed by atoms with Crippen LogP contribution in [0.15, 0.2) is 0 Å². The summed E-state index contributed by atoms with van der Waals surface area (Å²) in [5, 5.41) is 0. The summed E-state index contributed by atoms with van der Waals surface area (Å²) in [4.78, 5) is 0. The van der Waals surface area contributed by atoms with Gasteiger partial charge < -0.3 is 4.55 Å². The van der Waals surface area contributed by atoms with Gasteiger partial charge in [0, 0.05) is 11.4 Å². The minimum atomic E-state index is -4.21. The molecule has 0 heterocycles. The average Bonchev–Trinajstić information content (AvgIpc) is 1.79. The van der Waals surface area contributed by atoms with Crippen molar-refractivity contribution in [1.82, 2.24) is 4.72 Å². The summed E-state index contributed by atoms with van der Waals surface area (Å²) < 4.78 is 49.0. The van der Waals surface area contributed by atoms with E-state index in [4.69, 9.17) is 0 Å². The topological polar surface area (TPSA) is 35.1 Å². The van der Waals surface area contributed by atoms with E-state index in [1.165, 1.54) is 6.92 Å². The Bertz CT molecular complexity index is 178. The Morgan fingerprint density at radius 1 is 1.29 bits per heavy atom. The van der Waals surface area contributed by atoms with Crippen LogP contribution in [0.5, 0.6) is 0 Å². The molecule has 2 atom stereocenters. The fourth-order valence-corrected chi connectivity index (χ4v) is 1.55. The largest absolute Gasteiger partial charge is 0.598 e. The quantitative estimate of drug-likeness (QED) is 0.757.